The largest absolute Gasteiger partial charge is 0.493 e. The van der Waals surface area contributed by atoms with Gasteiger partial charge >= 0.3 is 5.97 Å². The Morgan fingerprint density at radius 2 is 1.73 bits per heavy atom. The number of carbonyl (C=O) groups is 3. The van der Waals surface area contributed by atoms with E-state index in [1.54, 1.807) is 0 Å². The van der Waals surface area contributed by atoms with E-state index in [1.165, 1.54) is 11.9 Å². The van der Waals surface area contributed by atoms with E-state index in [2.05, 4.69) is 5.32 Å². The molecular formula is C19H28N2O5. The summed E-state index contributed by atoms with van der Waals surface area (Å²) in [4.78, 5) is 36.6. The van der Waals surface area contributed by atoms with E-state index in [9.17, 15) is 14.4 Å². The smallest absolute Gasteiger partial charge is 0.309 e. The molecule has 144 valence electrons. The molecule has 0 atom stereocenters. The molecule has 1 aromatic carbocycles. The van der Waals surface area contributed by atoms with Gasteiger partial charge in [-0.05, 0) is 39.8 Å². The van der Waals surface area contributed by atoms with Gasteiger partial charge in [0.25, 0.3) is 5.91 Å². The predicted octanol–water partition coefficient (Wildman–Crippen LogP) is 1.68. The first kappa shape index (κ1) is 21.5. The first-order chi connectivity index (χ1) is 12.1. The second-order valence-electron chi connectivity index (χ2n) is 7.12. The number of hydrogen-bond donors (Lipinski definition) is 1. The quantitative estimate of drug-likeness (QED) is 0.710. The first-order valence-corrected chi connectivity index (χ1v) is 8.47. The maximum Gasteiger partial charge on any atom is 0.309 e. The molecule has 0 saturated heterocycles. The van der Waals surface area contributed by atoms with Gasteiger partial charge < -0.3 is 19.7 Å². The summed E-state index contributed by atoms with van der Waals surface area (Å²) in [7, 11) is 1.49. The SMILES string of the molecule is Cc1ccc(OCCC(=O)OCC(=O)N(C)CC(=O)NC(C)(C)C)cc1. The molecule has 1 N–H and O–H groups in total. The molecule has 0 aliphatic carbocycles. The van der Waals surface area contributed by atoms with Crippen molar-refractivity contribution in [2.75, 3.05) is 26.8 Å². The van der Waals surface area contributed by atoms with Crippen molar-refractivity contribution in [2.24, 2.45) is 0 Å². The van der Waals surface area contributed by atoms with Gasteiger partial charge in [0, 0.05) is 12.6 Å². The second-order valence-corrected chi connectivity index (χ2v) is 7.12. The van der Waals surface area contributed by atoms with Crippen molar-refractivity contribution in [3.63, 3.8) is 0 Å². The zero-order valence-electron chi connectivity index (χ0n) is 16.1. The van der Waals surface area contributed by atoms with Crippen molar-refractivity contribution in [3.05, 3.63) is 29.8 Å². The number of hydrogen-bond acceptors (Lipinski definition) is 5. The van der Waals surface area contributed by atoms with E-state index in [0.29, 0.717) is 5.75 Å². The topological polar surface area (TPSA) is 84.9 Å². The average Bonchev–Trinajstić information content (AvgIpc) is 2.52. The van der Waals surface area contributed by atoms with Gasteiger partial charge in [-0.3, -0.25) is 14.4 Å². The Morgan fingerprint density at radius 3 is 2.31 bits per heavy atom. The summed E-state index contributed by atoms with van der Waals surface area (Å²) in [5, 5.41) is 2.76. The van der Waals surface area contributed by atoms with Crippen molar-refractivity contribution in [2.45, 2.75) is 39.7 Å². The van der Waals surface area contributed by atoms with Crippen LogP contribution >= 0.6 is 0 Å². The Bertz CT molecular complexity index is 620. The van der Waals surface area contributed by atoms with Gasteiger partial charge in [-0.2, -0.15) is 0 Å². The number of nitrogens with zero attached hydrogens (tertiary/aromatic N) is 1. The number of carbonyl (C=O) groups excluding carboxylic acids is 3. The van der Waals surface area contributed by atoms with E-state index in [-0.39, 0.29) is 31.0 Å². The van der Waals surface area contributed by atoms with Gasteiger partial charge in [0.2, 0.25) is 5.91 Å². The minimum Gasteiger partial charge on any atom is -0.493 e. The third-order valence-electron chi connectivity index (χ3n) is 3.27. The Balaban J connectivity index is 2.25. The third kappa shape index (κ3) is 9.05. The van der Waals surface area contributed by atoms with Crippen molar-refractivity contribution < 1.29 is 23.9 Å². The molecule has 0 heterocycles. The number of nitrogens with one attached hydrogen (secondary N) is 1. The van der Waals surface area contributed by atoms with E-state index < -0.39 is 18.5 Å². The molecule has 0 aliphatic rings. The summed E-state index contributed by atoms with van der Waals surface area (Å²) in [6.07, 6.45) is 0.0371. The highest BCUT2D eigenvalue weighted by Crippen LogP contribution is 2.11. The van der Waals surface area contributed by atoms with Gasteiger partial charge in [-0.1, -0.05) is 17.7 Å². The van der Waals surface area contributed by atoms with Crippen molar-refractivity contribution in [1.29, 1.82) is 0 Å². The Kier molecular flexibility index (Phi) is 8.09. The van der Waals surface area contributed by atoms with Crippen molar-refractivity contribution in [3.8, 4) is 5.75 Å². The summed E-state index contributed by atoms with van der Waals surface area (Å²) >= 11 is 0. The lowest BCUT2D eigenvalue weighted by Crippen LogP contribution is -2.46. The van der Waals surface area contributed by atoms with Crippen LogP contribution in [0.4, 0.5) is 0 Å². The number of likely N-dealkylation sites (N-methyl/N-ethyl adjacent to an activating group) is 1. The molecule has 7 nitrogen and oxygen atoms in total. The molecule has 1 aromatic rings. The molecule has 0 radical (unpaired) electrons. The molecule has 0 bridgehead atoms. The summed E-state index contributed by atoms with van der Waals surface area (Å²) in [6.45, 7) is 7.21. The monoisotopic (exact) mass is 364 g/mol. The Morgan fingerprint density at radius 1 is 1.12 bits per heavy atom. The van der Waals surface area contributed by atoms with Crippen LogP contribution in [0.5, 0.6) is 5.75 Å². The standard InChI is InChI=1S/C19H28N2O5/c1-14-6-8-15(9-7-14)25-11-10-18(24)26-13-17(23)21(5)12-16(22)20-19(2,3)4/h6-9H,10-13H2,1-5H3,(H,20,22). The molecule has 0 aromatic heterocycles. The van der Waals surface area contributed by atoms with Gasteiger partial charge in [-0.15, -0.1) is 0 Å². The minimum absolute atomic E-state index is 0.0371. The fraction of sp³-hybridized carbons (Fsp3) is 0.526. The molecule has 7 heteroatoms. The zero-order chi connectivity index (χ0) is 19.7. The minimum atomic E-state index is -0.530. The molecule has 0 fully saturated rings. The lowest BCUT2D eigenvalue weighted by molar-refractivity contribution is -0.152. The average molecular weight is 364 g/mol. The summed E-state index contributed by atoms with van der Waals surface area (Å²) in [6, 6.07) is 7.47. The molecule has 0 saturated carbocycles. The number of amides is 2. The van der Waals surface area contributed by atoms with E-state index in [1.807, 2.05) is 52.0 Å². The number of aryl methyl sites for hydroxylation is 1. The van der Waals surface area contributed by atoms with Gasteiger partial charge in [-0.25, -0.2) is 0 Å². The van der Waals surface area contributed by atoms with Gasteiger partial charge in [0.1, 0.15) is 5.75 Å². The van der Waals surface area contributed by atoms with E-state index >= 15 is 0 Å². The summed E-state index contributed by atoms with van der Waals surface area (Å²) in [5.74, 6) is -0.574. The van der Waals surface area contributed by atoms with Gasteiger partial charge in [0.15, 0.2) is 6.61 Å². The number of ether oxygens (including phenoxy) is 2. The highest BCUT2D eigenvalue weighted by atomic mass is 16.5. The molecule has 2 amide bonds. The molecule has 0 spiro atoms. The fourth-order valence-electron chi connectivity index (χ4n) is 1.97. The fourth-order valence-corrected chi connectivity index (χ4v) is 1.97. The zero-order valence-corrected chi connectivity index (χ0v) is 16.1. The maximum atomic E-state index is 11.9. The lowest BCUT2D eigenvalue weighted by Gasteiger charge is -2.23. The highest BCUT2D eigenvalue weighted by Gasteiger charge is 2.18. The van der Waals surface area contributed by atoms with Crippen LogP contribution < -0.4 is 10.1 Å². The van der Waals surface area contributed by atoms with Crippen LogP contribution in [-0.2, 0) is 19.1 Å². The molecule has 1 rings (SSSR count). The number of benzene rings is 1. The Labute approximate surface area is 154 Å². The lowest BCUT2D eigenvalue weighted by atomic mass is 10.1. The van der Waals surface area contributed by atoms with E-state index in [0.717, 1.165) is 5.56 Å². The van der Waals surface area contributed by atoms with Crippen LogP contribution in [0.1, 0.15) is 32.8 Å². The van der Waals surface area contributed by atoms with Crippen LogP contribution in [0, 0.1) is 6.92 Å². The molecular weight excluding hydrogens is 336 g/mol. The maximum absolute atomic E-state index is 11.9. The normalized spacial score (nSPS) is 10.8. The van der Waals surface area contributed by atoms with Crippen molar-refractivity contribution >= 4 is 17.8 Å². The molecule has 0 unspecified atom stereocenters. The third-order valence-corrected chi connectivity index (χ3v) is 3.27. The number of esters is 1. The van der Waals surface area contributed by atoms with E-state index in [4.69, 9.17) is 9.47 Å². The van der Waals surface area contributed by atoms with Gasteiger partial charge in [0.05, 0.1) is 19.6 Å². The second kappa shape index (κ2) is 9.79. The Hall–Kier alpha value is -2.57. The van der Waals surface area contributed by atoms with Crippen LogP contribution in [0.25, 0.3) is 0 Å². The molecule has 0 aliphatic heterocycles. The van der Waals surface area contributed by atoms with Crippen LogP contribution in [-0.4, -0.2) is 55.0 Å². The number of rotatable bonds is 8. The van der Waals surface area contributed by atoms with Crippen LogP contribution in [0.2, 0.25) is 0 Å². The van der Waals surface area contributed by atoms with Crippen LogP contribution in [0.15, 0.2) is 24.3 Å². The first-order valence-electron chi connectivity index (χ1n) is 8.47. The highest BCUT2D eigenvalue weighted by molar-refractivity contribution is 5.86. The molecule has 26 heavy (non-hydrogen) atoms. The summed E-state index contributed by atoms with van der Waals surface area (Å²) in [5.41, 5.74) is 0.751. The van der Waals surface area contributed by atoms with Crippen LogP contribution in [0.3, 0.4) is 0 Å². The predicted molar refractivity (Wildman–Crippen MR) is 97.8 cm³/mol. The van der Waals surface area contributed by atoms with Crippen molar-refractivity contribution in [1.82, 2.24) is 10.2 Å². The summed E-state index contributed by atoms with van der Waals surface area (Å²) < 4.78 is 10.4.